The summed E-state index contributed by atoms with van der Waals surface area (Å²) >= 11 is 2.14. The smallest absolute Gasteiger partial charge is 0.164 e. The Morgan fingerprint density at radius 1 is 1.54 bits per heavy atom. The van der Waals surface area contributed by atoms with Gasteiger partial charge in [0, 0.05) is 6.54 Å². The number of rotatable bonds is 1. The summed E-state index contributed by atoms with van der Waals surface area (Å²) in [6.07, 6.45) is 1.46. The molecule has 6 heteroatoms. The summed E-state index contributed by atoms with van der Waals surface area (Å²) in [4.78, 5) is 8.06. The molecule has 0 atom stereocenters. The number of halogens is 1. The summed E-state index contributed by atoms with van der Waals surface area (Å²) in [5.41, 5.74) is 6.52. The fourth-order valence-electron chi connectivity index (χ4n) is 1.21. The largest absolute Gasteiger partial charge is 0.383 e. The minimum absolute atomic E-state index is 0.495. The molecule has 5 nitrogen and oxygen atoms in total. The quantitative estimate of drug-likeness (QED) is 0.796. The highest BCUT2D eigenvalue weighted by Crippen LogP contribution is 2.21. The lowest BCUT2D eigenvalue weighted by atomic mass is 10.4. The highest BCUT2D eigenvalue weighted by atomic mass is 127. The van der Waals surface area contributed by atoms with Crippen LogP contribution in [0, 0.1) is 3.70 Å². The topological polar surface area (TPSA) is 69.6 Å². The fourth-order valence-corrected chi connectivity index (χ4v) is 1.98. The van der Waals surface area contributed by atoms with Gasteiger partial charge in [-0.25, -0.2) is 14.6 Å². The molecule has 2 aromatic rings. The Bertz CT molecular complexity index is 449. The molecule has 0 amide bonds. The van der Waals surface area contributed by atoms with Crippen molar-refractivity contribution in [3.8, 4) is 0 Å². The molecule has 0 spiro atoms. The third kappa shape index (κ3) is 1.25. The van der Waals surface area contributed by atoms with Crippen molar-refractivity contribution in [1.29, 1.82) is 0 Å². The van der Waals surface area contributed by atoms with Gasteiger partial charge in [0.1, 0.15) is 15.8 Å². The lowest BCUT2D eigenvalue weighted by Gasteiger charge is -1.96. The Morgan fingerprint density at radius 3 is 3.00 bits per heavy atom. The molecule has 0 aromatic carbocycles. The van der Waals surface area contributed by atoms with E-state index in [9.17, 15) is 0 Å². The van der Waals surface area contributed by atoms with Crippen molar-refractivity contribution in [2.75, 3.05) is 5.73 Å². The second kappa shape index (κ2) is 3.09. The van der Waals surface area contributed by atoms with Crippen molar-refractivity contribution in [3.63, 3.8) is 0 Å². The summed E-state index contributed by atoms with van der Waals surface area (Å²) < 4.78 is 2.67. The van der Waals surface area contributed by atoms with Crippen LogP contribution >= 0.6 is 22.6 Å². The number of aromatic nitrogens is 4. The zero-order valence-electron chi connectivity index (χ0n) is 7.03. The van der Waals surface area contributed by atoms with Gasteiger partial charge in [0.15, 0.2) is 5.65 Å². The second-order valence-corrected chi connectivity index (χ2v) is 3.59. The molecule has 0 aliphatic rings. The van der Waals surface area contributed by atoms with E-state index in [0.717, 1.165) is 21.3 Å². The van der Waals surface area contributed by atoms with Gasteiger partial charge < -0.3 is 5.73 Å². The molecule has 0 fully saturated rings. The first-order valence-corrected chi connectivity index (χ1v) is 4.94. The molecular formula is C7H8IN5. The van der Waals surface area contributed by atoms with Crippen LogP contribution in [0.1, 0.15) is 6.92 Å². The van der Waals surface area contributed by atoms with Gasteiger partial charge in [-0.05, 0) is 29.5 Å². The van der Waals surface area contributed by atoms with Crippen LogP contribution in [-0.4, -0.2) is 19.7 Å². The Hall–Kier alpha value is -0.920. The van der Waals surface area contributed by atoms with Crippen molar-refractivity contribution in [2.24, 2.45) is 0 Å². The van der Waals surface area contributed by atoms with E-state index < -0.39 is 0 Å². The van der Waals surface area contributed by atoms with Crippen LogP contribution in [0.15, 0.2) is 6.33 Å². The summed E-state index contributed by atoms with van der Waals surface area (Å²) in [6, 6.07) is 0. The molecule has 0 unspecified atom stereocenters. The van der Waals surface area contributed by atoms with Crippen LogP contribution in [0.2, 0.25) is 0 Å². The monoisotopic (exact) mass is 289 g/mol. The lowest BCUT2D eigenvalue weighted by Crippen LogP contribution is -1.98. The van der Waals surface area contributed by atoms with E-state index in [2.05, 4.69) is 37.7 Å². The highest BCUT2D eigenvalue weighted by molar-refractivity contribution is 14.1. The maximum absolute atomic E-state index is 5.72. The third-order valence-corrected chi connectivity index (χ3v) is 2.57. The Balaban J connectivity index is 2.87. The van der Waals surface area contributed by atoms with Gasteiger partial charge in [0.25, 0.3) is 0 Å². The standard InChI is InChI=1S/C7H8IN5/c1-2-13-7-4(5(8)12-13)6(9)10-3-11-7/h3H,2H2,1H3,(H2,9,10,11). The van der Waals surface area contributed by atoms with Crippen LogP contribution in [0.3, 0.4) is 0 Å². The van der Waals surface area contributed by atoms with Gasteiger partial charge in [-0.15, -0.1) is 0 Å². The molecule has 2 heterocycles. The van der Waals surface area contributed by atoms with E-state index in [0.29, 0.717) is 5.82 Å². The Labute approximate surface area is 88.5 Å². The van der Waals surface area contributed by atoms with Crippen molar-refractivity contribution in [3.05, 3.63) is 10.0 Å². The molecule has 0 aliphatic carbocycles. The van der Waals surface area contributed by atoms with Crippen LogP contribution < -0.4 is 5.73 Å². The first-order chi connectivity index (χ1) is 6.24. The van der Waals surface area contributed by atoms with E-state index in [4.69, 9.17) is 5.73 Å². The molecule has 2 rings (SSSR count). The normalized spacial score (nSPS) is 10.9. The molecule has 2 N–H and O–H groups in total. The van der Waals surface area contributed by atoms with Crippen LogP contribution in [-0.2, 0) is 6.54 Å². The number of anilines is 1. The van der Waals surface area contributed by atoms with E-state index >= 15 is 0 Å². The average Bonchev–Trinajstić information content (AvgIpc) is 2.44. The highest BCUT2D eigenvalue weighted by Gasteiger charge is 2.11. The first kappa shape index (κ1) is 8.67. The molecule has 0 radical (unpaired) electrons. The summed E-state index contributed by atoms with van der Waals surface area (Å²) in [5, 5.41) is 5.14. The minimum Gasteiger partial charge on any atom is -0.383 e. The van der Waals surface area contributed by atoms with E-state index in [1.807, 2.05) is 11.6 Å². The molecular weight excluding hydrogens is 281 g/mol. The van der Waals surface area contributed by atoms with Gasteiger partial charge in [0.2, 0.25) is 0 Å². The number of hydrogen-bond acceptors (Lipinski definition) is 4. The Kier molecular flexibility index (Phi) is 2.06. The molecule has 0 bridgehead atoms. The van der Waals surface area contributed by atoms with Gasteiger partial charge in [0.05, 0.1) is 5.39 Å². The SMILES string of the molecule is CCn1nc(I)c2c(N)ncnc21. The minimum atomic E-state index is 0.495. The second-order valence-electron chi connectivity index (χ2n) is 2.56. The van der Waals surface area contributed by atoms with Crippen molar-refractivity contribution in [1.82, 2.24) is 19.7 Å². The van der Waals surface area contributed by atoms with Crippen molar-refractivity contribution >= 4 is 39.4 Å². The van der Waals surface area contributed by atoms with Crippen molar-refractivity contribution < 1.29 is 0 Å². The van der Waals surface area contributed by atoms with E-state index in [-0.39, 0.29) is 0 Å². The van der Waals surface area contributed by atoms with Gasteiger partial charge >= 0.3 is 0 Å². The number of nitrogen functional groups attached to an aromatic ring is 1. The molecule has 2 aromatic heterocycles. The molecule has 0 saturated heterocycles. The summed E-state index contributed by atoms with van der Waals surface area (Å²) in [5.74, 6) is 0.495. The average molecular weight is 289 g/mol. The summed E-state index contributed by atoms with van der Waals surface area (Å²) in [7, 11) is 0. The first-order valence-electron chi connectivity index (χ1n) is 3.86. The summed E-state index contributed by atoms with van der Waals surface area (Å²) in [6.45, 7) is 2.80. The predicted octanol–water partition coefficient (Wildman–Crippen LogP) is 1.03. The Morgan fingerprint density at radius 2 is 2.31 bits per heavy atom. The zero-order chi connectivity index (χ0) is 9.42. The molecule has 0 aliphatic heterocycles. The van der Waals surface area contributed by atoms with Crippen LogP contribution in [0.5, 0.6) is 0 Å². The number of aryl methyl sites for hydroxylation is 1. The molecule has 68 valence electrons. The zero-order valence-corrected chi connectivity index (χ0v) is 9.19. The molecule has 13 heavy (non-hydrogen) atoms. The predicted molar refractivity (Wildman–Crippen MR) is 58.1 cm³/mol. The van der Waals surface area contributed by atoms with Gasteiger partial charge in [-0.1, -0.05) is 0 Å². The van der Waals surface area contributed by atoms with Crippen LogP contribution in [0.4, 0.5) is 5.82 Å². The maximum atomic E-state index is 5.72. The number of hydrogen-bond donors (Lipinski definition) is 1. The van der Waals surface area contributed by atoms with Gasteiger partial charge in [-0.2, -0.15) is 5.10 Å². The molecule has 0 saturated carbocycles. The van der Waals surface area contributed by atoms with Crippen molar-refractivity contribution in [2.45, 2.75) is 13.5 Å². The van der Waals surface area contributed by atoms with E-state index in [1.54, 1.807) is 0 Å². The fraction of sp³-hybridized carbons (Fsp3) is 0.286. The van der Waals surface area contributed by atoms with E-state index in [1.165, 1.54) is 6.33 Å². The number of nitrogens with zero attached hydrogens (tertiary/aromatic N) is 4. The number of nitrogens with two attached hydrogens (primary N) is 1. The van der Waals surface area contributed by atoms with Gasteiger partial charge in [-0.3, -0.25) is 0 Å². The lowest BCUT2D eigenvalue weighted by molar-refractivity contribution is 0.671. The maximum Gasteiger partial charge on any atom is 0.164 e. The third-order valence-electron chi connectivity index (χ3n) is 1.82. The number of fused-ring (bicyclic) bond motifs is 1. The van der Waals surface area contributed by atoms with Crippen LogP contribution in [0.25, 0.3) is 11.0 Å².